The van der Waals surface area contributed by atoms with Crippen molar-refractivity contribution in [2.45, 2.75) is 34.1 Å². The van der Waals surface area contributed by atoms with E-state index in [1.165, 1.54) is 39.1 Å². The van der Waals surface area contributed by atoms with E-state index in [1.807, 2.05) is 34.7 Å². The number of nitrogens with one attached hydrogen (secondary N) is 1. The van der Waals surface area contributed by atoms with Gasteiger partial charge >= 0.3 is 0 Å². The van der Waals surface area contributed by atoms with Crippen molar-refractivity contribution >= 4 is 0 Å². The molecule has 1 heterocycles. The van der Waals surface area contributed by atoms with Crippen molar-refractivity contribution in [2.75, 3.05) is 66.6 Å². The fraction of sp³-hybridized carbons (Fsp3) is 1.00. The Morgan fingerprint density at radius 3 is 1.79 bits per heavy atom. The monoisotopic (exact) mass is 275 g/mol. The second-order valence-corrected chi connectivity index (χ2v) is 4.13. The summed E-state index contributed by atoms with van der Waals surface area (Å²) in [5.74, 6) is 0. The van der Waals surface area contributed by atoms with Gasteiger partial charge in [-0.2, -0.15) is 0 Å². The molecule has 1 N–H and O–H groups in total. The van der Waals surface area contributed by atoms with Gasteiger partial charge in [0.15, 0.2) is 0 Å². The van der Waals surface area contributed by atoms with Crippen LogP contribution >= 0.6 is 0 Å². The van der Waals surface area contributed by atoms with Crippen molar-refractivity contribution in [3.05, 3.63) is 0 Å². The summed E-state index contributed by atoms with van der Waals surface area (Å²) in [6.45, 7) is 17.1. The van der Waals surface area contributed by atoms with Crippen LogP contribution in [0.25, 0.3) is 0 Å². The standard InChI is InChI=1S/C11H25N3O.2C2H6/c1-12-4-3-5-13-6-8-14(9-7-13)10-11-15-2;2*1-2/h12H,3-11H2,1-2H3;2*1-2H3. The van der Waals surface area contributed by atoms with Crippen molar-refractivity contribution in [1.82, 2.24) is 15.1 Å². The van der Waals surface area contributed by atoms with Crippen molar-refractivity contribution < 1.29 is 4.74 Å². The van der Waals surface area contributed by atoms with Crippen LogP contribution < -0.4 is 5.32 Å². The number of methoxy groups -OCH3 is 1. The number of piperazine rings is 1. The molecule has 0 aromatic carbocycles. The molecular formula is C15H37N3O. The van der Waals surface area contributed by atoms with Crippen LogP contribution in [0.5, 0.6) is 0 Å². The zero-order chi connectivity index (χ0) is 14.9. The lowest BCUT2D eigenvalue weighted by molar-refractivity contribution is 0.0965. The normalized spacial score (nSPS) is 16.1. The highest BCUT2D eigenvalue weighted by atomic mass is 16.5. The number of nitrogens with zero attached hydrogens (tertiary/aromatic N) is 2. The second-order valence-electron chi connectivity index (χ2n) is 4.13. The first-order valence-corrected chi connectivity index (χ1v) is 7.95. The van der Waals surface area contributed by atoms with E-state index in [9.17, 15) is 0 Å². The van der Waals surface area contributed by atoms with Crippen LogP contribution in [0.15, 0.2) is 0 Å². The van der Waals surface area contributed by atoms with Gasteiger partial charge in [0.1, 0.15) is 0 Å². The molecule has 0 atom stereocenters. The maximum atomic E-state index is 5.09. The molecule has 1 aliphatic heterocycles. The van der Waals surface area contributed by atoms with Crippen molar-refractivity contribution in [2.24, 2.45) is 0 Å². The minimum absolute atomic E-state index is 0.861. The van der Waals surface area contributed by atoms with Crippen molar-refractivity contribution in [3.8, 4) is 0 Å². The topological polar surface area (TPSA) is 27.7 Å². The Hall–Kier alpha value is -0.160. The summed E-state index contributed by atoms with van der Waals surface area (Å²) in [5, 5.41) is 3.19. The molecule has 4 nitrogen and oxygen atoms in total. The average molecular weight is 275 g/mol. The van der Waals surface area contributed by atoms with Gasteiger partial charge in [-0.05, 0) is 26.6 Å². The van der Waals surface area contributed by atoms with E-state index in [0.29, 0.717) is 0 Å². The molecule has 0 aromatic heterocycles. The lowest BCUT2D eigenvalue weighted by atomic mass is 10.3. The number of hydrogen-bond donors (Lipinski definition) is 1. The Kier molecular flexibility index (Phi) is 19.9. The molecule has 4 heteroatoms. The van der Waals surface area contributed by atoms with Gasteiger partial charge in [0.25, 0.3) is 0 Å². The third-order valence-electron chi connectivity index (χ3n) is 2.98. The number of hydrogen-bond acceptors (Lipinski definition) is 4. The summed E-state index contributed by atoms with van der Waals surface area (Å²) in [6.07, 6.45) is 1.26. The van der Waals surface area contributed by atoms with Crippen LogP contribution in [-0.4, -0.2) is 76.4 Å². The summed E-state index contributed by atoms with van der Waals surface area (Å²) in [6, 6.07) is 0. The number of ether oxygens (including phenoxy) is 1. The molecule has 1 saturated heterocycles. The van der Waals surface area contributed by atoms with Crippen molar-refractivity contribution in [1.29, 1.82) is 0 Å². The minimum Gasteiger partial charge on any atom is -0.383 e. The van der Waals surface area contributed by atoms with Gasteiger partial charge < -0.3 is 15.0 Å². The lowest BCUT2D eigenvalue weighted by Gasteiger charge is -2.34. The molecule has 0 radical (unpaired) electrons. The van der Waals surface area contributed by atoms with Crippen LogP contribution in [0, 0.1) is 0 Å². The Balaban J connectivity index is 0. The Labute approximate surface area is 121 Å². The first kappa shape index (κ1) is 21.1. The van der Waals surface area contributed by atoms with Crippen LogP contribution in [0.3, 0.4) is 0 Å². The molecule has 1 aliphatic rings. The zero-order valence-corrected chi connectivity index (χ0v) is 14.2. The highest BCUT2D eigenvalue weighted by Crippen LogP contribution is 2.01. The van der Waals surface area contributed by atoms with Crippen LogP contribution in [0.2, 0.25) is 0 Å². The highest BCUT2D eigenvalue weighted by molar-refractivity contribution is 4.71. The van der Waals surface area contributed by atoms with Gasteiger partial charge in [-0.3, -0.25) is 4.90 Å². The fourth-order valence-corrected chi connectivity index (χ4v) is 1.94. The molecule has 1 fully saturated rings. The fourth-order valence-electron chi connectivity index (χ4n) is 1.94. The van der Waals surface area contributed by atoms with Crippen molar-refractivity contribution in [3.63, 3.8) is 0 Å². The first-order chi connectivity index (χ1) is 9.36. The smallest absolute Gasteiger partial charge is 0.0589 e. The minimum atomic E-state index is 0.861. The van der Waals surface area contributed by atoms with Gasteiger partial charge in [0.2, 0.25) is 0 Å². The van der Waals surface area contributed by atoms with E-state index in [-0.39, 0.29) is 0 Å². The summed E-state index contributed by atoms with van der Waals surface area (Å²) < 4.78 is 5.09. The largest absolute Gasteiger partial charge is 0.383 e. The Bertz CT molecular complexity index is 148. The molecule has 0 saturated carbocycles. The lowest BCUT2D eigenvalue weighted by Crippen LogP contribution is -2.47. The van der Waals surface area contributed by atoms with E-state index in [0.717, 1.165) is 19.7 Å². The molecule has 19 heavy (non-hydrogen) atoms. The Morgan fingerprint density at radius 1 is 0.895 bits per heavy atom. The molecule has 1 rings (SSSR count). The third-order valence-corrected chi connectivity index (χ3v) is 2.98. The third kappa shape index (κ3) is 12.6. The van der Waals surface area contributed by atoms with E-state index in [1.54, 1.807) is 7.11 Å². The quantitative estimate of drug-likeness (QED) is 0.718. The molecule has 0 bridgehead atoms. The first-order valence-electron chi connectivity index (χ1n) is 7.95. The van der Waals surface area contributed by atoms with E-state index < -0.39 is 0 Å². The van der Waals surface area contributed by atoms with Gasteiger partial charge in [-0.1, -0.05) is 27.7 Å². The van der Waals surface area contributed by atoms with Crippen LogP contribution in [0.1, 0.15) is 34.1 Å². The van der Waals surface area contributed by atoms with E-state index in [2.05, 4.69) is 15.1 Å². The predicted molar refractivity (Wildman–Crippen MR) is 86.0 cm³/mol. The molecule has 0 aromatic rings. The summed E-state index contributed by atoms with van der Waals surface area (Å²) in [4.78, 5) is 5.04. The van der Waals surface area contributed by atoms with Gasteiger partial charge in [-0.25, -0.2) is 0 Å². The highest BCUT2D eigenvalue weighted by Gasteiger charge is 2.15. The molecule has 0 aliphatic carbocycles. The van der Waals surface area contributed by atoms with Gasteiger partial charge in [0, 0.05) is 39.8 Å². The van der Waals surface area contributed by atoms with Gasteiger partial charge in [0.05, 0.1) is 6.61 Å². The van der Waals surface area contributed by atoms with Gasteiger partial charge in [-0.15, -0.1) is 0 Å². The molecule has 0 amide bonds. The van der Waals surface area contributed by atoms with E-state index in [4.69, 9.17) is 4.74 Å². The summed E-state index contributed by atoms with van der Waals surface area (Å²) in [5.41, 5.74) is 0. The zero-order valence-electron chi connectivity index (χ0n) is 14.2. The van der Waals surface area contributed by atoms with Crippen LogP contribution in [0.4, 0.5) is 0 Å². The number of rotatable bonds is 7. The molecule has 0 unspecified atom stereocenters. The van der Waals surface area contributed by atoms with Crippen LogP contribution in [-0.2, 0) is 4.74 Å². The SMILES string of the molecule is CC.CC.CNCCCN1CCN(CCOC)CC1. The van der Waals surface area contributed by atoms with E-state index >= 15 is 0 Å². The average Bonchev–Trinajstić information content (AvgIpc) is 2.51. The molecule has 118 valence electrons. The maximum Gasteiger partial charge on any atom is 0.0589 e. The maximum absolute atomic E-state index is 5.09. The molecule has 0 spiro atoms. The Morgan fingerprint density at radius 2 is 1.37 bits per heavy atom. The summed E-state index contributed by atoms with van der Waals surface area (Å²) >= 11 is 0. The second kappa shape index (κ2) is 17.8. The summed E-state index contributed by atoms with van der Waals surface area (Å²) in [7, 11) is 3.79. The molecular weight excluding hydrogens is 238 g/mol. The predicted octanol–water partition coefficient (Wildman–Crippen LogP) is 1.91.